The topological polar surface area (TPSA) is 91.7 Å². The van der Waals surface area contributed by atoms with Crippen molar-refractivity contribution in [1.82, 2.24) is 0 Å². The number of rotatable bonds is 4. The quantitative estimate of drug-likeness (QED) is 0.901. The summed E-state index contributed by atoms with van der Waals surface area (Å²) in [5, 5.41) is 18.0. The summed E-state index contributed by atoms with van der Waals surface area (Å²) in [6, 6.07) is 12.2. The number of benzene rings is 2. The number of carboxylic acids is 2. The fourth-order valence-electron chi connectivity index (χ4n) is 1.68. The Balaban J connectivity index is 2.49. The monoisotopic (exact) mass is 290 g/mol. The molecular formula is C14H10O5S. The SMILES string of the molecule is O=C(O)c1ccc(S(=O)c2ccccc2)cc1C(=O)O. The Morgan fingerprint density at radius 3 is 1.95 bits per heavy atom. The van der Waals surface area contributed by atoms with Crippen molar-refractivity contribution in [2.24, 2.45) is 0 Å². The van der Waals surface area contributed by atoms with Crippen LogP contribution < -0.4 is 0 Å². The maximum absolute atomic E-state index is 12.3. The molecule has 0 aromatic heterocycles. The highest BCUT2D eigenvalue weighted by Crippen LogP contribution is 2.20. The zero-order valence-corrected chi connectivity index (χ0v) is 11.0. The fourth-order valence-corrected chi connectivity index (χ4v) is 2.78. The Bertz CT molecular complexity index is 694. The Morgan fingerprint density at radius 1 is 0.800 bits per heavy atom. The molecule has 1 atom stereocenters. The highest BCUT2D eigenvalue weighted by Gasteiger charge is 2.18. The first-order valence-corrected chi connectivity index (χ1v) is 6.73. The van der Waals surface area contributed by atoms with Gasteiger partial charge in [0.15, 0.2) is 0 Å². The van der Waals surface area contributed by atoms with Crippen LogP contribution in [-0.2, 0) is 10.8 Å². The molecule has 1 unspecified atom stereocenters. The third-order valence-electron chi connectivity index (χ3n) is 2.62. The predicted octanol–water partition coefficient (Wildman–Crippen LogP) is 2.25. The third-order valence-corrected chi connectivity index (χ3v) is 4.01. The summed E-state index contributed by atoms with van der Waals surface area (Å²) in [6.45, 7) is 0. The molecule has 20 heavy (non-hydrogen) atoms. The highest BCUT2D eigenvalue weighted by molar-refractivity contribution is 7.85. The van der Waals surface area contributed by atoms with Gasteiger partial charge >= 0.3 is 11.9 Å². The minimum Gasteiger partial charge on any atom is -0.478 e. The van der Waals surface area contributed by atoms with Gasteiger partial charge in [0.1, 0.15) is 0 Å². The molecule has 6 heteroatoms. The van der Waals surface area contributed by atoms with Crippen LogP contribution in [0.1, 0.15) is 20.7 Å². The molecule has 0 saturated heterocycles. The van der Waals surface area contributed by atoms with Gasteiger partial charge in [-0.2, -0.15) is 0 Å². The van der Waals surface area contributed by atoms with Crippen molar-refractivity contribution < 1.29 is 24.0 Å². The van der Waals surface area contributed by atoms with Gasteiger partial charge in [-0.15, -0.1) is 0 Å². The van der Waals surface area contributed by atoms with Crippen molar-refractivity contribution in [3.8, 4) is 0 Å². The third kappa shape index (κ3) is 2.75. The van der Waals surface area contributed by atoms with Gasteiger partial charge in [-0.1, -0.05) is 18.2 Å². The smallest absolute Gasteiger partial charge is 0.336 e. The number of aromatic carboxylic acids is 2. The molecule has 0 fully saturated rings. The van der Waals surface area contributed by atoms with Crippen LogP contribution in [0.25, 0.3) is 0 Å². The molecule has 2 N–H and O–H groups in total. The number of hydrogen-bond acceptors (Lipinski definition) is 3. The van der Waals surface area contributed by atoms with Crippen LogP contribution >= 0.6 is 0 Å². The lowest BCUT2D eigenvalue weighted by atomic mass is 10.1. The Kier molecular flexibility index (Phi) is 3.95. The van der Waals surface area contributed by atoms with Gasteiger partial charge in [-0.3, -0.25) is 0 Å². The van der Waals surface area contributed by atoms with Crippen LogP contribution in [0.2, 0.25) is 0 Å². The van der Waals surface area contributed by atoms with E-state index >= 15 is 0 Å². The van der Waals surface area contributed by atoms with E-state index in [9.17, 15) is 13.8 Å². The average Bonchev–Trinajstić information content (AvgIpc) is 2.46. The van der Waals surface area contributed by atoms with Crippen LogP contribution in [0.5, 0.6) is 0 Å². The van der Waals surface area contributed by atoms with E-state index in [-0.39, 0.29) is 16.0 Å². The van der Waals surface area contributed by atoms with Crippen LogP contribution in [0.3, 0.4) is 0 Å². The zero-order valence-electron chi connectivity index (χ0n) is 10.1. The van der Waals surface area contributed by atoms with Crippen molar-refractivity contribution in [2.45, 2.75) is 9.79 Å². The van der Waals surface area contributed by atoms with Crippen LogP contribution in [0.15, 0.2) is 58.3 Å². The van der Waals surface area contributed by atoms with Gasteiger partial charge < -0.3 is 10.2 Å². The van der Waals surface area contributed by atoms with Crippen molar-refractivity contribution >= 4 is 22.7 Å². The van der Waals surface area contributed by atoms with E-state index in [2.05, 4.69) is 0 Å². The highest BCUT2D eigenvalue weighted by atomic mass is 32.2. The normalized spacial score (nSPS) is 11.8. The summed E-state index contributed by atoms with van der Waals surface area (Å²) < 4.78 is 12.3. The number of carbonyl (C=O) groups is 2. The number of hydrogen-bond donors (Lipinski definition) is 2. The lowest BCUT2D eigenvalue weighted by Crippen LogP contribution is -2.09. The molecule has 2 aromatic carbocycles. The summed E-state index contributed by atoms with van der Waals surface area (Å²) in [5.74, 6) is -2.70. The van der Waals surface area contributed by atoms with Crippen molar-refractivity contribution in [1.29, 1.82) is 0 Å². The second-order valence-corrected chi connectivity index (χ2v) is 5.38. The van der Waals surface area contributed by atoms with Crippen LogP contribution in [0, 0.1) is 0 Å². The van der Waals surface area contributed by atoms with E-state index in [0.717, 1.165) is 12.1 Å². The van der Waals surface area contributed by atoms with Gasteiger partial charge in [-0.05, 0) is 30.3 Å². The van der Waals surface area contributed by atoms with Crippen molar-refractivity contribution in [2.75, 3.05) is 0 Å². The molecule has 2 aromatic rings. The van der Waals surface area contributed by atoms with Crippen molar-refractivity contribution in [3.63, 3.8) is 0 Å². The molecule has 102 valence electrons. The Morgan fingerprint density at radius 2 is 1.40 bits per heavy atom. The summed E-state index contributed by atoms with van der Waals surface area (Å²) in [5.41, 5.74) is -0.703. The zero-order chi connectivity index (χ0) is 14.7. The first kappa shape index (κ1) is 14.0. The minimum absolute atomic E-state index is 0.249. The largest absolute Gasteiger partial charge is 0.478 e. The second kappa shape index (κ2) is 5.66. The molecular weight excluding hydrogens is 280 g/mol. The molecule has 0 aliphatic rings. The predicted molar refractivity (Wildman–Crippen MR) is 71.5 cm³/mol. The lowest BCUT2D eigenvalue weighted by molar-refractivity contribution is 0.0651. The molecule has 0 aliphatic carbocycles. The molecule has 2 rings (SSSR count). The summed E-state index contributed by atoms with van der Waals surface area (Å²) >= 11 is 0. The molecule has 0 spiro atoms. The average molecular weight is 290 g/mol. The molecule has 5 nitrogen and oxygen atoms in total. The second-order valence-electron chi connectivity index (χ2n) is 3.90. The van der Waals surface area contributed by atoms with Crippen LogP contribution in [0.4, 0.5) is 0 Å². The molecule has 0 bridgehead atoms. The molecule has 0 heterocycles. The summed E-state index contributed by atoms with van der Waals surface area (Å²) in [6.07, 6.45) is 0. The molecule has 0 radical (unpaired) electrons. The first-order chi connectivity index (χ1) is 9.50. The molecule has 0 saturated carbocycles. The maximum atomic E-state index is 12.3. The fraction of sp³-hybridized carbons (Fsp3) is 0. The summed E-state index contributed by atoms with van der Waals surface area (Å²) in [4.78, 5) is 22.8. The van der Waals surface area contributed by atoms with Crippen molar-refractivity contribution in [3.05, 3.63) is 59.7 Å². The van der Waals surface area contributed by atoms with Gasteiger partial charge in [0.05, 0.1) is 21.9 Å². The van der Waals surface area contributed by atoms with Crippen LogP contribution in [-0.4, -0.2) is 26.4 Å². The van der Waals surface area contributed by atoms with Gasteiger partial charge in [0.2, 0.25) is 0 Å². The molecule has 0 amide bonds. The standard InChI is InChI=1S/C14H10O5S/c15-13(16)11-7-6-10(8-12(11)14(17)18)20(19)9-4-2-1-3-5-9/h1-8H,(H,15,16)(H,17,18). The summed E-state index contributed by atoms with van der Waals surface area (Å²) in [7, 11) is -1.55. The van der Waals surface area contributed by atoms with Gasteiger partial charge in [0, 0.05) is 9.79 Å². The van der Waals surface area contributed by atoms with E-state index in [1.165, 1.54) is 6.07 Å². The lowest BCUT2D eigenvalue weighted by Gasteiger charge is -2.06. The van der Waals surface area contributed by atoms with E-state index in [1.54, 1.807) is 30.3 Å². The van der Waals surface area contributed by atoms with E-state index < -0.39 is 22.7 Å². The van der Waals surface area contributed by atoms with E-state index in [1.807, 2.05) is 0 Å². The Hall–Kier alpha value is -2.47. The maximum Gasteiger partial charge on any atom is 0.336 e. The first-order valence-electron chi connectivity index (χ1n) is 5.58. The molecule has 0 aliphatic heterocycles. The van der Waals surface area contributed by atoms with E-state index in [4.69, 9.17) is 10.2 Å². The minimum atomic E-state index is -1.55. The number of carboxylic acid groups (broad SMARTS) is 2. The van der Waals surface area contributed by atoms with Gasteiger partial charge in [-0.25, -0.2) is 13.8 Å². The van der Waals surface area contributed by atoms with E-state index in [0.29, 0.717) is 4.90 Å². The Labute approximate surface area is 117 Å². The van der Waals surface area contributed by atoms with Gasteiger partial charge in [0.25, 0.3) is 0 Å².